The number of likely N-dealkylation sites (tertiary alicyclic amines) is 1. The molecule has 0 unspecified atom stereocenters. The number of phenols is 1. The molecule has 8 nitrogen and oxygen atoms in total. The van der Waals surface area contributed by atoms with Crippen molar-refractivity contribution in [2.45, 2.75) is 50.7 Å². The smallest absolute Gasteiger partial charge is 0.254 e. The molecule has 3 aromatic rings. The number of carbonyl (C=O) groups excluding carboxylic acids is 3. The maximum atomic E-state index is 14.5. The topological polar surface area (TPSA) is 119 Å². The number of aliphatic hydroxyl groups excluding tert-OH is 1. The summed E-state index contributed by atoms with van der Waals surface area (Å²) in [6.07, 6.45) is -3.25. The zero-order valence-electron chi connectivity index (χ0n) is 21.6. The van der Waals surface area contributed by atoms with E-state index in [1.165, 1.54) is 18.2 Å². The van der Waals surface area contributed by atoms with Gasteiger partial charge in [-0.15, -0.1) is 0 Å². The number of aliphatic hydroxyl groups is 1. The number of carbonyl (C=O) groups is 3. The van der Waals surface area contributed by atoms with Crippen LogP contribution in [0.4, 0.5) is 4.39 Å². The number of phenolic OH excluding ortho intramolecular Hbond substituents is 1. The van der Waals surface area contributed by atoms with Gasteiger partial charge < -0.3 is 25.7 Å². The van der Waals surface area contributed by atoms with E-state index >= 15 is 0 Å². The van der Waals surface area contributed by atoms with Crippen LogP contribution in [0, 0.1) is 6.92 Å². The van der Waals surface area contributed by atoms with E-state index in [9.17, 15) is 29.0 Å². The van der Waals surface area contributed by atoms with Crippen LogP contribution in [0.25, 0.3) is 0 Å². The number of nitrogens with one attached hydrogen (secondary N) is 2. The van der Waals surface area contributed by atoms with E-state index in [4.69, 9.17) is 0 Å². The van der Waals surface area contributed by atoms with Gasteiger partial charge in [-0.3, -0.25) is 14.4 Å². The molecular formula is C30H32FN3O5. The van der Waals surface area contributed by atoms with E-state index in [-0.39, 0.29) is 37.2 Å². The summed E-state index contributed by atoms with van der Waals surface area (Å²) in [6, 6.07) is 20.5. The summed E-state index contributed by atoms with van der Waals surface area (Å²) in [7, 11) is 0. The molecule has 3 amide bonds. The molecule has 204 valence electrons. The molecule has 0 radical (unpaired) electrons. The fourth-order valence-corrected chi connectivity index (χ4v) is 4.75. The average Bonchev–Trinajstić information content (AvgIpc) is 3.34. The fourth-order valence-electron chi connectivity index (χ4n) is 4.75. The highest BCUT2D eigenvalue weighted by molar-refractivity contribution is 5.97. The summed E-state index contributed by atoms with van der Waals surface area (Å²) < 4.78 is 14.5. The Bertz CT molecular complexity index is 1300. The summed E-state index contributed by atoms with van der Waals surface area (Å²) >= 11 is 0. The molecule has 0 aromatic heterocycles. The number of rotatable bonds is 9. The molecule has 0 spiro atoms. The number of hydrogen-bond donors (Lipinski definition) is 4. The molecule has 4 atom stereocenters. The Kier molecular flexibility index (Phi) is 8.93. The minimum Gasteiger partial charge on any atom is -0.508 e. The van der Waals surface area contributed by atoms with Gasteiger partial charge in [0.05, 0.1) is 12.6 Å². The Balaban J connectivity index is 1.52. The Morgan fingerprint density at radius 1 is 0.974 bits per heavy atom. The van der Waals surface area contributed by atoms with E-state index in [1.54, 1.807) is 31.2 Å². The first kappa shape index (κ1) is 27.8. The Labute approximate surface area is 226 Å². The number of aromatic hydroxyl groups is 1. The lowest BCUT2D eigenvalue weighted by atomic mass is 9.98. The van der Waals surface area contributed by atoms with Gasteiger partial charge in [-0.05, 0) is 36.6 Å². The SMILES string of the molecule is Cc1c(O)cccc1C(=O)N[C@@H](Cc1ccccc1)[C@H](O)C(=O)N1C[C@@H](F)C[C@H]1C(=O)NCc1ccccc1. The van der Waals surface area contributed by atoms with E-state index in [1.807, 2.05) is 36.4 Å². The van der Waals surface area contributed by atoms with Crippen molar-refractivity contribution in [1.29, 1.82) is 0 Å². The third-order valence-electron chi connectivity index (χ3n) is 6.94. The second-order valence-corrected chi connectivity index (χ2v) is 9.71. The van der Waals surface area contributed by atoms with Gasteiger partial charge in [0.15, 0.2) is 6.10 Å². The Morgan fingerprint density at radius 2 is 1.62 bits per heavy atom. The van der Waals surface area contributed by atoms with Gasteiger partial charge in [-0.1, -0.05) is 66.7 Å². The number of hydrogen-bond acceptors (Lipinski definition) is 5. The fraction of sp³-hybridized carbons (Fsp3) is 0.300. The zero-order valence-corrected chi connectivity index (χ0v) is 21.6. The maximum Gasteiger partial charge on any atom is 0.254 e. The predicted molar refractivity (Wildman–Crippen MR) is 144 cm³/mol. The van der Waals surface area contributed by atoms with Gasteiger partial charge >= 0.3 is 0 Å². The normalized spacial score (nSPS) is 18.3. The van der Waals surface area contributed by atoms with Crippen molar-refractivity contribution >= 4 is 17.7 Å². The average molecular weight is 534 g/mol. The molecule has 4 rings (SSSR count). The second kappa shape index (κ2) is 12.5. The van der Waals surface area contributed by atoms with Gasteiger partial charge in [0.1, 0.15) is 18.0 Å². The molecule has 39 heavy (non-hydrogen) atoms. The quantitative estimate of drug-likeness (QED) is 0.337. The van der Waals surface area contributed by atoms with Crippen molar-refractivity contribution in [1.82, 2.24) is 15.5 Å². The number of nitrogens with zero attached hydrogens (tertiary/aromatic N) is 1. The molecule has 1 aliphatic heterocycles. The largest absolute Gasteiger partial charge is 0.508 e. The summed E-state index contributed by atoms with van der Waals surface area (Å²) in [4.78, 5) is 40.6. The van der Waals surface area contributed by atoms with Crippen LogP contribution in [0.5, 0.6) is 5.75 Å². The van der Waals surface area contributed by atoms with Gasteiger partial charge in [-0.25, -0.2) is 4.39 Å². The lowest BCUT2D eigenvalue weighted by Crippen LogP contribution is -2.55. The van der Waals surface area contributed by atoms with Gasteiger partial charge in [0, 0.05) is 24.1 Å². The molecule has 9 heteroatoms. The highest BCUT2D eigenvalue weighted by Gasteiger charge is 2.43. The van der Waals surface area contributed by atoms with Crippen molar-refractivity contribution in [2.75, 3.05) is 6.54 Å². The molecular weight excluding hydrogens is 501 g/mol. The maximum absolute atomic E-state index is 14.5. The lowest BCUT2D eigenvalue weighted by Gasteiger charge is -2.30. The van der Waals surface area contributed by atoms with E-state index < -0.39 is 42.1 Å². The van der Waals surface area contributed by atoms with E-state index in [0.717, 1.165) is 16.0 Å². The minimum atomic E-state index is -1.75. The van der Waals surface area contributed by atoms with Crippen LogP contribution in [0.2, 0.25) is 0 Å². The highest BCUT2D eigenvalue weighted by Crippen LogP contribution is 2.24. The molecule has 0 aliphatic carbocycles. The summed E-state index contributed by atoms with van der Waals surface area (Å²) in [6.45, 7) is 1.47. The van der Waals surface area contributed by atoms with Crippen molar-refractivity contribution in [2.24, 2.45) is 0 Å². The zero-order chi connectivity index (χ0) is 27.9. The third kappa shape index (κ3) is 6.80. The summed E-state index contributed by atoms with van der Waals surface area (Å²) in [5.74, 6) is -2.00. The van der Waals surface area contributed by atoms with Crippen LogP contribution in [-0.4, -0.2) is 63.7 Å². The van der Waals surface area contributed by atoms with Crippen LogP contribution in [0.1, 0.15) is 33.5 Å². The van der Waals surface area contributed by atoms with Crippen LogP contribution >= 0.6 is 0 Å². The lowest BCUT2D eigenvalue weighted by molar-refractivity contribution is -0.146. The number of amides is 3. The molecule has 1 aliphatic rings. The standard InChI is InChI=1S/C30H32FN3O5/c1-19-23(13-8-14-26(19)35)28(37)33-24(15-20-9-4-2-5-10-20)27(36)30(39)34-18-22(31)16-25(34)29(38)32-17-21-11-6-3-7-12-21/h2-14,22,24-25,27,35-36H,15-18H2,1H3,(H,32,38)(H,33,37)/t22-,24-,25-,27-/m0/s1. The van der Waals surface area contributed by atoms with Gasteiger partial charge in [-0.2, -0.15) is 0 Å². The van der Waals surface area contributed by atoms with E-state index in [0.29, 0.717) is 5.56 Å². The van der Waals surface area contributed by atoms with Crippen LogP contribution < -0.4 is 10.6 Å². The molecule has 3 aromatic carbocycles. The van der Waals surface area contributed by atoms with E-state index in [2.05, 4.69) is 10.6 Å². The molecule has 0 bridgehead atoms. The second-order valence-electron chi connectivity index (χ2n) is 9.71. The monoisotopic (exact) mass is 533 g/mol. The van der Waals surface area contributed by atoms with Crippen molar-refractivity contribution < 1.29 is 29.0 Å². The van der Waals surface area contributed by atoms with Gasteiger partial charge in [0.2, 0.25) is 5.91 Å². The predicted octanol–water partition coefficient (Wildman–Crippen LogP) is 2.66. The minimum absolute atomic E-state index is 0.0608. The van der Waals surface area contributed by atoms with Gasteiger partial charge in [0.25, 0.3) is 11.8 Å². The van der Waals surface area contributed by atoms with Crippen LogP contribution in [-0.2, 0) is 22.6 Å². The highest BCUT2D eigenvalue weighted by atomic mass is 19.1. The van der Waals surface area contributed by atoms with Crippen molar-refractivity contribution in [3.63, 3.8) is 0 Å². The Morgan fingerprint density at radius 3 is 2.28 bits per heavy atom. The summed E-state index contributed by atoms with van der Waals surface area (Å²) in [5, 5.41) is 26.7. The first-order valence-corrected chi connectivity index (χ1v) is 12.8. The molecule has 1 fully saturated rings. The molecule has 1 heterocycles. The van der Waals surface area contributed by atoms with Crippen LogP contribution in [0.15, 0.2) is 78.9 Å². The first-order valence-electron chi connectivity index (χ1n) is 12.8. The third-order valence-corrected chi connectivity index (χ3v) is 6.94. The number of benzene rings is 3. The molecule has 1 saturated heterocycles. The molecule has 0 saturated carbocycles. The van der Waals surface area contributed by atoms with Crippen LogP contribution in [0.3, 0.4) is 0 Å². The number of alkyl halides is 1. The van der Waals surface area contributed by atoms with Crippen molar-refractivity contribution in [3.05, 3.63) is 101 Å². The number of halogens is 1. The Hall–Kier alpha value is -4.24. The first-order chi connectivity index (χ1) is 18.7. The summed E-state index contributed by atoms with van der Waals surface area (Å²) in [5.41, 5.74) is 2.15. The molecule has 4 N–H and O–H groups in total. The van der Waals surface area contributed by atoms with Crippen molar-refractivity contribution in [3.8, 4) is 5.75 Å².